The number of hydrogen-bond donors (Lipinski definition) is 1. The van der Waals surface area contributed by atoms with Gasteiger partial charge in [-0.25, -0.2) is 0 Å². The third-order valence-corrected chi connectivity index (χ3v) is 3.97. The minimum absolute atomic E-state index is 0.707. The molecule has 0 spiro atoms. The largest absolute Gasteiger partial charge is 0.317 e. The highest BCUT2D eigenvalue weighted by atomic mass is 15.3. The molecular weight excluding hydrogens is 198 g/mol. The number of likely N-dealkylation sites (N-methyl/N-ethyl adjacent to an activating group) is 1. The van der Waals surface area contributed by atoms with Gasteiger partial charge in [0.1, 0.15) is 0 Å². The zero-order valence-corrected chi connectivity index (χ0v) is 11.5. The van der Waals surface area contributed by atoms with Gasteiger partial charge in [0.25, 0.3) is 0 Å². The summed E-state index contributed by atoms with van der Waals surface area (Å²) in [4.78, 5) is 5.19. The molecule has 1 rings (SSSR count). The molecule has 2 unspecified atom stereocenters. The van der Waals surface area contributed by atoms with Gasteiger partial charge < -0.3 is 10.2 Å². The second kappa shape index (κ2) is 7.25. The van der Waals surface area contributed by atoms with E-state index in [0.29, 0.717) is 6.04 Å². The number of hydrogen-bond acceptors (Lipinski definition) is 3. The Morgan fingerprint density at radius 1 is 1.06 bits per heavy atom. The number of nitrogens with zero attached hydrogens (tertiary/aromatic N) is 2. The summed E-state index contributed by atoms with van der Waals surface area (Å²) in [6.07, 6.45) is 0. The third-order valence-electron chi connectivity index (χ3n) is 3.97. The molecule has 1 heterocycles. The topological polar surface area (TPSA) is 18.5 Å². The van der Waals surface area contributed by atoms with Crippen molar-refractivity contribution in [3.8, 4) is 0 Å². The maximum absolute atomic E-state index is 3.45. The first kappa shape index (κ1) is 13.9. The quantitative estimate of drug-likeness (QED) is 0.737. The van der Waals surface area contributed by atoms with Gasteiger partial charge in [0, 0.05) is 32.2 Å². The van der Waals surface area contributed by atoms with E-state index in [-0.39, 0.29) is 0 Å². The van der Waals surface area contributed by atoms with Gasteiger partial charge in [-0.05, 0) is 32.5 Å². The van der Waals surface area contributed by atoms with Crippen LogP contribution in [-0.4, -0.2) is 61.7 Å². The van der Waals surface area contributed by atoms with E-state index in [9.17, 15) is 0 Å². The minimum atomic E-state index is 0.707. The lowest BCUT2D eigenvalue weighted by atomic mass is 10.0. The molecule has 0 bridgehead atoms. The molecule has 3 nitrogen and oxygen atoms in total. The molecule has 0 saturated carbocycles. The van der Waals surface area contributed by atoms with Crippen molar-refractivity contribution in [3.05, 3.63) is 0 Å². The monoisotopic (exact) mass is 227 g/mol. The lowest BCUT2D eigenvalue weighted by molar-refractivity contribution is 0.0833. The molecule has 1 aliphatic rings. The minimum Gasteiger partial charge on any atom is -0.317 e. The smallest absolute Gasteiger partial charge is 0.0113 e. The van der Waals surface area contributed by atoms with Crippen molar-refractivity contribution in [3.63, 3.8) is 0 Å². The van der Waals surface area contributed by atoms with Crippen LogP contribution in [0, 0.1) is 5.92 Å². The first-order valence-corrected chi connectivity index (χ1v) is 6.86. The SMILES string of the molecule is CCNCC(C)C(C)N1CCN(CC)CC1. The van der Waals surface area contributed by atoms with Gasteiger partial charge in [0.05, 0.1) is 0 Å². The van der Waals surface area contributed by atoms with Crippen LogP contribution in [0.3, 0.4) is 0 Å². The first-order valence-electron chi connectivity index (χ1n) is 6.86. The van der Waals surface area contributed by atoms with Gasteiger partial charge in [-0.15, -0.1) is 0 Å². The Bertz CT molecular complexity index is 176. The molecule has 0 radical (unpaired) electrons. The van der Waals surface area contributed by atoms with Crippen molar-refractivity contribution in [2.75, 3.05) is 45.8 Å². The standard InChI is InChI=1S/C13H29N3/c1-5-14-11-12(3)13(4)16-9-7-15(6-2)8-10-16/h12-14H,5-11H2,1-4H3. The molecule has 0 aromatic carbocycles. The van der Waals surface area contributed by atoms with Crippen molar-refractivity contribution in [2.24, 2.45) is 5.92 Å². The lowest BCUT2D eigenvalue weighted by Gasteiger charge is -2.39. The summed E-state index contributed by atoms with van der Waals surface area (Å²) in [6, 6.07) is 0.707. The molecule has 96 valence electrons. The van der Waals surface area contributed by atoms with Gasteiger partial charge in [-0.3, -0.25) is 4.90 Å². The fourth-order valence-electron chi connectivity index (χ4n) is 2.39. The fraction of sp³-hybridized carbons (Fsp3) is 1.00. The highest BCUT2D eigenvalue weighted by molar-refractivity contribution is 4.79. The van der Waals surface area contributed by atoms with E-state index in [1.54, 1.807) is 0 Å². The molecule has 1 aliphatic heterocycles. The molecular formula is C13H29N3. The summed E-state index contributed by atoms with van der Waals surface area (Å²) in [5, 5.41) is 3.45. The molecule has 1 fully saturated rings. The molecule has 0 aromatic rings. The highest BCUT2D eigenvalue weighted by Gasteiger charge is 2.23. The predicted molar refractivity (Wildman–Crippen MR) is 70.9 cm³/mol. The van der Waals surface area contributed by atoms with Crippen molar-refractivity contribution in [1.29, 1.82) is 0 Å². The van der Waals surface area contributed by atoms with E-state index in [0.717, 1.165) is 19.0 Å². The predicted octanol–water partition coefficient (Wildman–Crippen LogP) is 1.26. The van der Waals surface area contributed by atoms with E-state index in [2.05, 4.69) is 42.8 Å². The molecule has 2 atom stereocenters. The van der Waals surface area contributed by atoms with Crippen LogP contribution in [-0.2, 0) is 0 Å². The van der Waals surface area contributed by atoms with Crippen molar-refractivity contribution >= 4 is 0 Å². The number of nitrogens with one attached hydrogen (secondary N) is 1. The fourth-order valence-corrected chi connectivity index (χ4v) is 2.39. The Hall–Kier alpha value is -0.120. The zero-order chi connectivity index (χ0) is 12.0. The van der Waals surface area contributed by atoms with Gasteiger partial charge >= 0.3 is 0 Å². The van der Waals surface area contributed by atoms with E-state index < -0.39 is 0 Å². The Morgan fingerprint density at radius 3 is 2.19 bits per heavy atom. The molecule has 3 heteroatoms. The summed E-state index contributed by atoms with van der Waals surface area (Å²) >= 11 is 0. The van der Waals surface area contributed by atoms with Gasteiger partial charge in [-0.1, -0.05) is 20.8 Å². The van der Waals surface area contributed by atoms with Gasteiger partial charge in [-0.2, -0.15) is 0 Å². The van der Waals surface area contributed by atoms with Crippen LogP contribution in [0.2, 0.25) is 0 Å². The molecule has 0 aromatic heterocycles. The molecule has 1 saturated heterocycles. The third kappa shape index (κ3) is 4.04. The van der Waals surface area contributed by atoms with E-state index in [4.69, 9.17) is 0 Å². The summed E-state index contributed by atoms with van der Waals surface area (Å²) in [5.74, 6) is 0.744. The van der Waals surface area contributed by atoms with Gasteiger partial charge in [0.2, 0.25) is 0 Å². The van der Waals surface area contributed by atoms with Crippen LogP contribution in [0.15, 0.2) is 0 Å². The summed E-state index contributed by atoms with van der Waals surface area (Å²) in [6.45, 7) is 17.6. The van der Waals surface area contributed by atoms with E-state index in [1.165, 1.54) is 32.7 Å². The number of rotatable bonds is 6. The van der Waals surface area contributed by atoms with E-state index in [1.807, 2.05) is 0 Å². The Morgan fingerprint density at radius 2 is 1.69 bits per heavy atom. The van der Waals surface area contributed by atoms with Crippen LogP contribution in [0.4, 0.5) is 0 Å². The summed E-state index contributed by atoms with van der Waals surface area (Å²) in [7, 11) is 0. The first-order chi connectivity index (χ1) is 7.69. The molecule has 0 amide bonds. The van der Waals surface area contributed by atoms with Crippen LogP contribution >= 0.6 is 0 Å². The second-order valence-electron chi connectivity index (χ2n) is 5.00. The van der Waals surface area contributed by atoms with Crippen LogP contribution in [0.25, 0.3) is 0 Å². The lowest BCUT2D eigenvalue weighted by Crippen LogP contribution is -2.51. The van der Waals surface area contributed by atoms with Gasteiger partial charge in [0.15, 0.2) is 0 Å². The molecule has 0 aliphatic carbocycles. The zero-order valence-electron chi connectivity index (χ0n) is 11.5. The average molecular weight is 227 g/mol. The normalized spacial score (nSPS) is 23.2. The Balaban J connectivity index is 2.29. The maximum atomic E-state index is 3.45. The second-order valence-corrected chi connectivity index (χ2v) is 5.00. The van der Waals surface area contributed by atoms with Crippen LogP contribution in [0.1, 0.15) is 27.7 Å². The molecule has 1 N–H and O–H groups in total. The molecule has 16 heavy (non-hydrogen) atoms. The maximum Gasteiger partial charge on any atom is 0.0113 e. The highest BCUT2D eigenvalue weighted by Crippen LogP contribution is 2.13. The Labute approximate surface area is 101 Å². The van der Waals surface area contributed by atoms with Crippen molar-refractivity contribution in [2.45, 2.75) is 33.7 Å². The summed E-state index contributed by atoms with van der Waals surface area (Å²) < 4.78 is 0. The van der Waals surface area contributed by atoms with Crippen molar-refractivity contribution in [1.82, 2.24) is 15.1 Å². The van der Waals surface area contributed by atoms with Crippen molar-refractivity contribution < 1.29 is 0 Å². The number of piperazine rings is 1. The summed E-state index contributed by atoms with van der Waals surface area (Å²) in [5.41, 5.74) is 0. The average Bonchev–Trinajstić information content (AvgIpc) is 2.35. The van der Waals surface area contributed by atoms with E-state index >= 15 is 0 Å². The van der Waals surface area contributed by atoms with Crippen LogP contribution < -0.4 is 5.32 Å². The van der Waals surface area contributed by atoms with Crippen LogP contribution in [0.5, 0.6) is 0 Å². The Kier molecular flexibility index (Phi) is 6.32.